The number of carbonyl (C=O) groups is 2. The Bertz CT molecular complexity index is 1270. The predicted molar refractivity (Wildman–Crippen MR) is 148 cm³/mol. The molecule has 1 aromatic rings. The summed E-state index contributed by atoms with van der Waals surface area (Å²) in [4.78, 5) is 28.3. The third-order valence-electron chi connectivity index (χ3n) is 7.05. The highest BCUT2D eigenvalue weighted by Gasteiger charge is 2.34. The number of alkyl carbamates (subject to hydrolysis) is 1. The number of aliphatic imine (C=N–C) groups is 1. The highest BCUT2D eigenvalue weighted by atomic mass is 32.2. The Balaban J connectivity index is 1.71. The third-order valence-corrected chi connectivity index (χ3v) is 8.66. The average Bonchev–Trinajstić information content (AvgIpc) is 2.78. The molecule has 0 aliphatic carbocycles. The van der Waals surface area contributed by atoms with E-state index in [-0.39, 0.29) is 28.9 Å². The number of carboxylic acid groups (broad SMARTS) is 1. The number of carbonyl (C=O) groups excluding carboxylic acids is 1. The Labute approximate surface area is 231 Å². The largest absolute Gasteiger partial charge is 0.487 e. The van der Waals surface area contributed by atoms with Gasteiger partial charge in [0, 0.05) is 12.6 Å². The van der Waals surface area contributed by atoms with Gasteiger partial charge in [-0.3, -0.25) is 4.99 Å². The van der Waals surface area contributed by atoms with E-state index in [0.717, 1.165) is 29.7 Å². The first-order chi connectivity index (χ1) is 17.9. The highest BCUT2D eigenvalue weighted by molar-refractivity contribution is 7.90. The molecule has 2 heterocycles. The van der Waals surface area contributed by atoms with Gasteiger partial charge in [0.05, 0.1) is 4.90 Å². The summed E-state index contributed by atoms with van der Waals surface area (Å²) in [5.41, 5.74) is 1.94. The van der Waals surface area contributed by atoms with E-state index in [1.54, 1.807) is 27.7 Å². The van der Waals surface area contributed by atoms with Crippen molar-refractivity contribution < 1.29 is 32.6 Å². The number of amides is 1. The minimum atomic E-state index is -3.97. The standard InChI is InChI=1S/C27H42N4O7S/c1-15-16(2)22(17(3)19-11-13-27(7,8)37-21(15)19)39(35,36)31-24-28-14-12-18(29-24)9-10-20(23(32)33)30-25(34)38-26(4,5)6/h18,20H,9-14H2,1-8H3,(H,30,34)(H,32,33)(H2,28,29,31)/t18?,20-/m0/s1. The Morgan fingerprint density at radius 2 is 1.87 bits per heavy atom. The summed E-state index contributed by atoms with van der Waals surface area (Å²) < 4.78 is 41.2. The molecule has 1 unspecified atom stereocenters. The number of carboxylic acids is 1. The zero-order chi connectivity index (χ0) is 29.3. The zero-order valence-electron chi connectivity index (χ0n) is 24.1. The van der Waals surface area contributed by atoms with E-state index in [2.05, 4.69) is 20.3 Å². The number of hydrogen-bond donors (Lipinski definition) is 4. The molecule has 1 amide bonds. The van der Waals surface area contributed by atoms with Crippen LogP contribution in [-0.2, 0) is 26.0 Å². The van der Waals surface area contributed by atoms with Crippen LogP contribution in [0, 0.1) is 20.8 Å². The number of aliphatic carboxylic acids is 1. The normalized spacial score (nSPS) is 19.5. The average molecular weight is 567 g/mol. The van der Waals surface area contributed by atoms with Crippen LogP contribution < -0.4 is 20.1 Å². The van der Waals surface area contributed by atoms with Gasteiger partial charge < -0.3 is 25.2 Å². The van der Waals surface area contributed by atoms with Gasteiger partial charge in [-0.25, -0.2) is 22.7 Å². The molecule has 0 saturated carbocycles. The molecule has 0 radical (unpaired) electrons. The summed E-state index contributed by atoms with van der Waals surface area (Å²) in [6.45, 7) is 15.0. The van der Waals surface area contributed by atoms with Crippen LogP contribution in [-0.4, -0.2) is 61.4 Å². The third kappa shape index (κ3) is 7.55. The molecule has 218 valence electrons. The predicted octanol–water partition coefficient (Wildman–Crippen LogP) is 3.47. The molecule has 0 fully saturated rings. The van der Waals surface area contributed by atoms with Crippen LogP contribution >= 0.6 is 0 Å². The molecule has 2 aliphatic rings. The molecular formula is C27H42N4O7S. The van der Waals surface area contributed by atoms with Gasteiger partial charge in [0.15, 0.2) is 0 Å². The van der Waals surface area contributed by atoms with E-state index >= 15 is 0 Å². The van der Waals surface area contributed by atoms with Crippen LogP contribution in [0.25, 0.3) is 0 Å². The SMILES string of the molecule is Cc1c(C)c(S(=O)(=O)NC2=NCCC(CC[C@H](NC(=O)OC(C)(C)C)C(=O)O)N2)c(C)c2c1OC(C)(C)CC2. The molecule has 11 nitrogen and oxygen atoms in total. The number of nitrogens with zero attached hydrogens (tertiary/aromatic N) is 1. The van der Waals surface area contributed by atoms with E-state index in [1.165, 1.54) is 0 Å². The Kier molecular flexibility index (Phi) is 8.79. The maximum Gasteiger partial charge on any atom is 0.408 e. The quantitative estimate of drug-likeness (QED) is 0.391. The van der Waals surface area contributed by atoms with Crippen LogP contribution in [0.4, 0.5) is 4.79 Å². The lowest BCUT2D eigenvalue weighted by molar-refractivity contribution is -0.139. The Hall–Kier alpha value is -3.02. The molecule has 1 aromatic carbocycles. The van der Waals surface area contributed by atoms with Crippen molar-refractivity contribution in [1.29, 1.82) is 0 Å². The maximum atomic E-state index is 13.6. The van der Waals surface area contributed by atoms with Crippen LogP contribution in [0.2, 0.25) is 0 Å². The van der Waals surface area contributed by atoms with E-state index in [4.69, 9.17) is 9.47 Å². The first kappa shape index (κ1) is 30.5. The highest BCUT2D eigenvalue weighted by Crippen LogP contribution is 2.42. The molecule has 0 saturated heterocycles. The topological polar surface area (TPSA) is 155 Å². The molecule has 4 N–H and O–H groups in total. The summed E-state index contributed by atoms with van der Waals surface area (Å²) in [5, 5.41) is 15.0. The zero-order valence-corrected chi connectivity index (χ0v) is 25.0. The van der Waals surface area contributed by atoms with E-state index in [9.17, 15) is 23.1 Å². The molecule has 39 heavy (non-hydrogen) atoms. The van der Waals surface area contributed by atoms with Gasteiger partial charge in [-0.05, 0) is 110 Å². The van der Waals surface area contributed by atoms with Crippen molar-refractivity contribution in [3.05, 3.63) is 22.3 Å². The van der Waals surface area contributed by atoms with Gasteiger partial charge >= 0.3 is 12.1 Å². The smallest absolute Gasteiger partial charge is 0.408 e. The van der Waals surface area contributed by atoms with Crippen LogP contribution in [0.15, 0.2) is 9.89 Å². The van der Waals surface area contributed by atoms with Gasteiger partial charge in [0.2, 0.25) is 5.96 Å². The first-order valence-electron chi connectivity index (χ1n) is 13.3. The molecule has 12 heteroatoms. The number of ether oxygens (including phenoxy) is 2. The summed E-state index contributed by atoms with van der Waals surface area (Å²) in [5.74, 6) is -0.293. The fourth-order valence-corrected chi connectivity index (χ4v) is 6.49. The summed E-state index contributed by atoms with van der Waals surface area (Å²) >= 11 is 0. The number of sulfonamides is 1. The minimum absolute atomic E-state index is 0.116. The Morgan fingerprint density at radius 3 is 2.49 bits per heavy atom. The molecule has 0 bridgehead atoms. The summed E-state index contributed by atoms with van der Waals surface area (Å²) in [7, 11) is -3.97. The monoisotopic (exact) mass is 566 g/mol. The van der Waals surface area contributed by atoms with Crippen molar-refractivity contribution in [3.8, 4) is 5.75 Å². The van der Waals surface area contributed by atoms with Crippen molar-refractivity contribution in [1.82, 2.24) is 15.4 Å². The molecule has 2 atom stereocenters. The number of nitrogens with one attached hydrogen (secondary N) is 3. The molecule has 2 aliphatic heterocycles. The number of hydrogen-bond acceptors (Lipinski definition) is 8. The van der Waals surface area contributed by atoms with Crippen LogP contribution in [0.5, 0.6) is 5.75 Å². The number of rotatable bonds is 7. The first-order valence-corrected chi connectivity index (χ1v) is 14.8. The number of guanidine groups is 1. The number of fused-ring (bicyclic) bond motifs is 1. The van der Waals surface area contributed by atoms with Crippen molar-refractivity contribution in [2.75, 3.05) is 6.54 Å². The summed E-state index contributed by atoms with van der Waals surface area (Å²) in [6, 6.07) is -1.37. The van der Waals surface area contributed by atoms with E-state index < -0.39 is 33.7 Å². The van der Waals surface area contributed by atoms with E-state index in [0.29, 0.717) is 30.5 Å². The maximum absolute atomic E-state index is 13.6. The van der Waals surface area contributed by atoms with Gasteiger partial charge in [-0.2, -0.15) is 0 Å². The second kappa shape index (κ2) is 11.2. The molecule has 0 spiro atoms. The van der Waals surface area contributed by atoms with Crippen molar-refractivity contribution in [2.45, 2.75) is 116 Å². The Morgan fingerprint density at radius 1 is 1.21 bits per heavy atom. The second-order valence-corrected chi connectivity index (χ2v) is 13.6. The fraction of sp³-hybridized carbons (Fsp3) is 0.667. The lowest BCUT2D eigenvalue weighted by Gasteiger charge is -2.35. The minimum Gasteiger partial charge on any atom is -0.487 e. The van der Waals surface area contributed by atoms with Crippen LogP contribution in [0.1, 0.15) is 82.6 Å². The molecular weight excluding hydrogens is 524 g/mol. The molecule has 0 aromatic heterocycles. The number of benzene rings is 1. The van der Waals surface area contributed by atoms with Gasteiger partial charge in [0.1, 0.15) is 23.0 Å². The van der Waals surface area contributed by atoms with Crippen LogP contribution in [0.3, 0.4) is 0 Å². The van der Waals surface area contributed by atoms with Crippen molar-refractivity contribution >= 4 is 28.0 Å². The fourth-order valence-electron chi connectivity index (χ4n) is 4.93. The summed E-state index contributed by atoms with van der Waals surface area (Å²) in [6.07, 6.45) is 1.80. The lowest BCUT2D eigenvalue weighted by atomic mass is 9.88. The van der Waals surface area contributed by atoms with Crippen molar-refractivity contribution in [3.63, 3.8) is 0 Å². The molecule has 3 rings (SSSR count). The van der Waals surface area contributed by atoms with Gasteiger partial charge in [-0.1, -0.05) is 0 Å². The van der Waals surface area contributed by atoms with E-state index in [1.807, 2.05) is 27.7 Å². The van der Waals surface area contributed by atoms with Gasteiger partial charge in [-0.15, -0.1) is 0 Å². The van der Waals surface area contributed by atoms with Gasteiger partial charge in [0.25, 0.3) is 10.0 Å². The van der Waals surface area contributed by atoms with Crippen molar-refractivity contribution in [2.24, 2.45) is 4.99 Å². The second-order valence-electron chi connectivity index (χ2n) is 12.0. The lowest BCUT2D eigenvalue weighted by Crippen LogP contribution is -2.50.